The van der Waals surface area contributed by atoms with E-state index in [1.807, 2.05) is 0 Å². The highest BCUT2D eigenvalue weighted by Crippen LogP contribution is 2.38. The highest BCUT2D eigenvalue weighted by molar-refractivity contribution is 5.90. The average Bonchev–Trinajstić information content (AvgIpc) is 3.12. The normalized spacial score (nSPS) is 20.2. The van der Waals surface area contributed by atoms with Gasteiger partial charge in [-0.05, 0) is 17.7 Å². The van der Waals surface area contributed by atoms with Gasteiger partial charge in [-0.25, -0.2) is 9.37 Å². The Morgan fingerprint density at radius 2 is 2.00 bits per heavy atom. The Hall–Kier alpha value is -2.77. The summed E-state index contributed by atoms with van der Waals surface area (Å²) in [7, 11) is 5.11. The molecule has 132 valence electrons. The second-order valence-electron chi connectivity index (χ2n) is 6.31. The number of aromatic nitrogens is 3. The maximum Gasteiger partial charge on any atom is 0.228 e. The lowest BCUT2D eigenvalue weighted by molar-refractivity contribution is -0.136. The lowest BCUT2D eigenvalue weighted by Gasteiger charge is -2.27. The van der Waals surface area contributed by atoms with Crippen LogP contribution in [-0.4, -0.2) is 50.5 Å². The van der Waals surface area contributed by atoms with Crippen molar-refractivity contribution < 1.29 is 14.0 Å². The maximum atomic E-state index is 13.2. The molecule has 25 heavy (non-hydrogen) atoms. The van der Waals surface area contributed by atoms with E-state index >= 15 is 0 Å². The van der Waals surface area contributed by atoms with E-state index in [9.17, 15) is 14.0 Å². The summed E-state index contributed by atoms with van der Waals surface area (Å²) in [4.78, 5) is 32.4. The maximum absolute atomic E-state index is 13.2. The third kappa shape index (κ3) is 3.24. The number of amides is 2. The van der Waals surface area contributed by atoms with E-state index in [0.717, 1.165) is 5.56 Å². The molecule has 0 N–H and O–H groups in total. The Balaban J connectivity index is 1.83. The fourth-order valence-corrected chi connectivity index (χ4v) is 3.24. The van der Waals surface area contributed by atoms with Gasteiger partial charge in [0.15, 0.2) is 0 Å². The van der Waals surface area contributed by atoms with Crippen molar-refractivity contribution in [3.8, 4) is 0 Å². The minimum Gasteiger partial charge on any atom is -0.338 e. The first-order chi connectivity index (χ1) is 11.9. The minimum atomic E-state index is -0.513. The standard InChI is InChI=1S/C17H20FN5O2/c1-21(9-14-19-10-20-23(14)3)17(25)13-8-15(24)22(2)16(13)11-4-6-12(18)7-5-11/h4-7,10,13,16H,8-9H2,1-3H3. The first-order valence-electron chi connectivity index (χ1n) is 7.97. The molecule has 1 aromatic heterocycles. The number of nitrogens with zero attached hydrogens (tertiary/aromatic N) is 5. The van der Waals surface area contributed by atoms with Gasteiger partial charge in [0.2, 0.25) is 11.8 Å². The first-order valence-corrected chi connectivity index (χ1v) is 7.97. The number of rotatable bonds is 4. The summed E-state index contributed by atoms with van der Waals surface area (Å²) >= 11 is 0. The Morgan fingerprint density at radius 1 is 1.32 bits per heavy atom. The van der Waals surface area contributed by atoms with Crippen molar-refractivity contribution in [3.05, 3.63) is 47.8 Å². The van der Waals surface area contributed by atoms with Crippen LogP contribution < -0.4 is 0 Å². The predicted molar refractivity (Wildman–Crippen MR) is 87.5 cm³/mol. The van der Waals surface area contributed by atoms with E-state index < -0.39 is 12.0 Å². The average molecular weight is 345 g/mol. The number of hydrogen-bond acceptors (Lipinski definition) is 4. The summed E-state index contributed by atoms with van der Waals surface area (Å²) in [6, 6.07) is 5.53. The number of halogens is 1. The Labute approximate surface area is 145 Å². The van der Waals surface area contributed by atoms with Gasteiger partial charge in [-0.15, -0.1) is 0 Å². The largest absolute Gasteiger partial charge is 0.338 e. The molecule has 1 aliphatic heterocycles. The van der Waals surface area contributed by atoms with E-state index in [1.54, 1.807) is 47.8 Å². The molecule has 0 radical (unpaired) electrons. The summed E-state index contributed by atoms with van der Waals surface area (Å²) in [6.45, 7) is 0.305. The van der Waals surface area contributed by atoms with Crippen LogP contribution in [0.5, 0.6) is 0 Å². The third-order valence-corrected chi connectivity index (χ3v) is 4.67. The molecule has 1 aromatic carbocycles. The molecule has 2 amide bonds. The summed E-state index contributed by atoms with van der Waals surface area (Å²) in [5.74, 6) is -0.444. The topological polar surface area (TPSA) is 71.3 Å². The zero-order valence-corrected chi connectivity index (χ0v) is 14.4. The van der Waals surface area contributed by atoms with Crippen molar-refractivity contribution in [2.45, 2.75) is 19.0 Å². The summed E-state index contributed by atoms with van der Waals surface area (Å²) in [5, 5.41) is 3.99. The molecule has 1 saturated heterocycles. The van der Waals surface area contributed by atoms with E-state index in [4.69, 9.17) is 0 Å². The smallest absolute Gasteiger partial charge is 0.228 e. The minimum absolute atomic E-state index is 0.0975. The van der Waals surface area contributed by atoms with Gasteiger partial charge >= 0.3 is 0 Å². The van der Waals surface area contributed by atoms with Crippen LogP contribution in [0.2, 0.25) is 0 Å². The Bertz CT molecular complexity index is 789. The molecular formula is C17H20FN5O2. The third-order valence-electron chi connectivity index (χ3n) is 4.67. The molecule has 2 heterocycles. The molecule has 2 atom stereocenters. The summed E-state index contributed by atoms with van der Waals surface area (Å²) < 4.78 is 14.8. The van der Waals surface area contributed by atoms with Crippen molar-refractivity contribution in [2.75, 3.05) is 14.1 Å². The van der Waals surface area contributed by atoms with Crippen LogP contribution in [0.25, 0.3) is 0 Å². The fraction of sp³-hybridized carbons (Fsp3) is 0.412. The van der Waals surface area contributed by atoms with Gasteiger partial charge in [-0.2, -0.15) is 5.10 Å². The summed E-state index contributed by atoms with van der Waals surface area (Å²) in [6.07, 6.45) is 1.57. The van der Waals surface area contributed by atoms with Gasteiger partial charge in [0.05, 0.1) is 18.5 Å². The van der Waals surface area contributed by atoms with Crippen molar-refractivity contribution >= 4 is 11.8 Å². The molecule has 0 saturated carbocycles. The Morgan fingerprint density at radius 3 is 2.60 bits per heavy atom. The van der Waals surface area contributed by atoms with Crippen LogP contribution in [0, 0.1) is 11.7 Å². The Kier molecular flexibility index (Phi) is 4.52. The van der Waals surface area contributed by atoms with Crippen molar-refractivity contribution in [3.63, 3.8) is 0 Å². The summed E-state index contributed by atoms with van der Waals surface area (Å²) in [5.41, 5.74) is 0.750. The molecule has 1 aliphatic rings. The molecule has 7 nitrogen and oxygen atoms in total. The van der Waals surface area contributed by atoms with E-state index in [0.29, 0.717) is 12.4 Å². The van der Waals surface area contributed by atoms with Crippen molar-refractivity contribution in [2.24, 2.45) is 13.0 Å². The van der Waals surface area contributed by atoms with Gasteiger partial charge in [0.1, 0.15) is 18.0 Å². The fourth-order valence-electron chi connectivity index (χ4n) is 3.24. The molecular weight excluding hydrogens is 325 g/mol. The highest BCUT2D eigenvalue weighted by atomic mass is 19.1. The van der Waals surface area contributed by atoms with Gasteiger partial charge in [0, 0.05) is 27.6 Å². The molecule has 0 bridgehead atoms. The second kappa shape index (κ2) is 6.62. The zero-order chi connectivity index (χ0) is 18.1. The molecule has 2 aromatic rings. The van der Waals surface area contributed by atoms with Crippen LogP contribution in [0.4, 0.5) is 4.39 Å². The zero-order valence-electron chi connectivity index (χ0n) is 14.4. The molecule has 0 aliphatic carbocycles. The monoisotopic (exact) mass is 345 g/mol. The number of benzene rings is 1. The van der Waals surface area contributed by atoms with E-state index in [2.05, 4.69) is 10.1 Å². The first kappa shape index (κ1) is 17.1. The van der Waals surface area contributed by atoms with Crippen LogP contribution >= 0.6 is 0 Å². The van der Waals surface area contributed by atoms with Crippen LogP contribution in [0.15, 0.2) is 30.6 Å². The molecule has 3 rings (SSSR count). The molecule has 2 unspecified atom stereocenters. The number of aryl methyl sites for hydroxylation is 1. The van der Waals surface area contributed by atoms with Crippen LogP contribution in [0.1, 0.15) is 23.9 Å². The van der Waals surface area contributed by atoms with Gasteiger partial charge in [-0.1, -0.05) is 12.1 Å². The molecule has 0 spiro atoms. The van der Waals surface area contributed by atoms with Crippen LogP contribution in [0.3, 0.4) is 0 Å². The number of hydrogen-bond donors (Lipinski definition) is 0. The number of carbonyl (C=O) groups is 2. The van der Waals surface area contributed by atoms with Gasteiger partial charge < -0.3 is 9.80 Å². The quantitative estimate of drug-likeness (QED) is 0.833. The van der Waals surface area contributed by atoms with Gasteiger partial charge in [0.25, 0.3) is 0 Å². The van der Waals surface area contributed by atoms with Crippen LogP contribution in [-0.2, 0) is 23.2 Å². The SMILES string of the molecule is CN(Cc1ncnn1C)C(=O)C1CC(=O)N(C)C1c1ccc(F)cc1. The highest BCUT2D eigenvalue weighted by Gasteiger charge is 2.43. The molecule has 1 fully saturated rings. The predicted octanol–water partition coefficient (Wildman–Crippen LogP) is 1.13. The molecule has 8 heteroatoms. The van der Waals surface area contributed by atoms with Gasteiger partial charge in [-0.3, -0.25) is 14.3 Å². The lowest BCUT2D eigenvalue weighted by Crippen LogP contribution is -2.36. The van der Waals surface area contributed by atoms with E-state index in [1.165, 1.54) is 18.5 Å². The lowest BCUT2D eigenvalue weighted by atomic mass is 9.92. The number of likely N-dealkylation sites (tertiary alicyclic amines) is 1. The van der Waals surface area contributed by atoms with Crippen molar-refractivity contribution in [1.82, 2.24) is 24.6 Å². The number of carbonyl (C=O) groups excluding carboxylic acids is 2. The van der Waals surface area contributed by atoms with E-state index in [-0.39, 0.29) is 24.1 Å². The van der Waals surface area contributed by atoms with Crippen molar-refractivity contribution in [1.29, 1.82) is 0 Å². The second-order valence-corrected chi connectivity index (χ2v) is 6.31.